The fourth-order valence-electron chi connectivity index (χ4n) is 7.89. The van der Waals surface area contributed by atoms with E-state index in [4.69, 9.17) is 0 Å². The molecule has 0 amide bonds. The lowest BCUT2D eigenvalue weighted by molar-refractivity contribution is -0.110. The van der Waals surface area contributed by atoms with E-state index in [0.717, 1.165) is 35.5 Å². The van der Waals surface area contributed by atoms with Gasteiger partial charge in [0.15, 0.2) is 0 Å². The number of hydrogen-bond donors (Lipinski definition) is 0. The van der Waals surface area contributed by atoms with Crippen molar-refractivity contribution in [1.29, 1.82) is 0 Å². The molecule has 8 atom stereocenters. The quantitative estimate of drug-likeness (QED) is 0.490. The Morgan fingerprint density at radius 2 is 1.57 bits per heavy atom. The van der Waals surface area contributed by atoms with Gasteiger partial charge in [-0.3, -0.25) is 0 Å². The van der Waals surface area contributed by atoms with Crippen LogP contribution in [0.25, 0.3) is 0 Å². The highest BCUT2D eigenvalue weighted by Gasteiger charge is 2.58. The third kappa shape index (κ3) is 2.07. The van der Waals surface area contributed by atoms with Crippen LogP contribution in [0.2, 0.25) is 0 Å². The van der Waals surface area contributed by atoms with Crippen molar-refractivity contribution in [3.63, 3.8) is 0 Å². The van der Waals surface area contributed by atoms with E-state index in [1.165, 1.54) is 19.3 Å². The second-order valence-corrected chi connectivity index (χ2v) is 10.3. The molecule has 4 saturated carbocycles. The molecule has 0 N–H and O–H groups in total. The Labute approximate surface area is 132 Å². The molecule has 0 nitrogen and oxygen atoms in total. The molecule has 0 aromatic carbocycles. The standard InChI is InChI=1S/C21H36/c1-14-7-10-21(4)16(11-14)5-6-17-18(21)8-9-20(3)13-15(2)12-19(17)20/h14-19H,5-13H2,1-4H3/t14-,15-,16-,17+,18-,19-,20+,21-/m0/s1. The summed E-state index contributed by atoms with van der Waals surface area (Å²) in [6.45, 7) is 10.4. The van der Waals surface area contributed by atoms with Gasteiger partial charge in [0, 0.05) is 0 Å². The van der Waals surface area contributed by atoms with Crippen molar-refractivity contribution in [1.82, 2.24) is 0 Å². The second-order valence-electron chi connectivity index (χ2n) is 10.3. The maximum absolute atomic E-state index is 2.71. The summed E-state index contributed by atoms with van der Waals surface area (Å²) in [6, 6.07) is 0. The highest BCUT2D eigenvalue weighted by atomic mass is 14.6. The number of rotatable bonds is 0. The minimum Gasteiger partial charge on any atom is -0.0625 e. The van der Waals surface area contributed by atoms with E-state index >= 15 is 0 Å². The van der Waals surface area contributed by atoms with Crippen LogP contribution in [0.1, 0.15) is 85.5 Å². The van der Waals surface area contributed by atoms with Gasteiger partial charge >= 0.3 is 0 Å². The summed E-state index contributed by atoms with van der Waals surface area (Å²) in [5.41, 5.74) is 1.42. The Morgan fingerprint density at radius 1 is 0.762 bits per heavy atom. The largest absolute Gasteiger partial charge is 0.0625 e. The molecule has 0 radical (unpaired) electrons. The molecule has 0 spiro atoms. The fraction of sp³-hybridized carbons (Fsp3) is 1.00. The van der Waals surface area contributed by atoms with Crippen LogP contribution in [0.4, 0.5) is 0 Å². The van der Waals surface area contributed by atoms with Crippen LogP contribution in [0.3, 0.4) is 0 Å². The molecule has 0 bridgehead atoms. The molecule has 4 rings (SSSR count). The molecular weight excluding hydrogens is 252 g/mol. The average molecular weight is 289 g/mol. The molecule has 0 saturated heterocycles. The van der Waals surface area contributed by atoms with Crippen molar-refractivity contribution >= 4 is 0 Å². The second kappa shape index (κ2) is 4.75. The van der Waals surface area contributed by atoms with E-state index in [0.29, 0.717) is 10.8 Å². The number of fused-ring (bicyclic) bond motifs is 5. The van der Waals surface area contributed by atoms with E-state index < -0.39 is 0 Å². The highest BCUT2D eigenvalue weighted by molar-refractivity contribution is 5.07. The van der Waals surface area contributed by atoms with Gasteiger partial charge in [-0.1, -0.05) is 34.1 Å². The Kier molecular flexibility index (Phi) is 3.30. The van der Waals surface area contributed by atoms with Gasteiger partial charge in [-0.15, -0.1) is 0 Å². The van der Waals surface area contributed by atoms with E-state index in [1.54, 1.807) is 38.5 Å². The summed E-state index contributed by atoms with van der Waals surface area (Å²) in [5.74, 6) is 6.29. The SMILES string of the molecule is C[C@H]1CC[C@@]2(C)[C@@H](CC[C@H]3[C@@H]4C[C@H](C)C[C@@]4(C)CC[C@@H]32)C1. The van der Waals surface area contributed by atoms with Crippen LogP contribution in [-0.2, 0) is 0 Å². The summed E-state index contributed by atoms with van der Waals surface area (Å²) in [6.07, 6.45) is 13.9. The molecule has 120 valence electrons. The average Bonchev–Trinajstić information content (AvgIpc) is 2.74. The first-order valence-corrected chi connectivity index (χ1v) is 9.92. The van der Waals surface area contributed by atoms with E-state index in [1.807, 2.05) is 0 Å². The lowest BCUT2D eigenvalue weighted by Gasteiger charge is -2.60. The van der Waals surface area contributed by atoms with E-state index in [9.17, 15) is 0 Å². The van der Waals surface area contributed by atoms with Crippen LogP contribution in [0.5, 0.6) is 0 Å². The molecule has 0 heteroatoms. The smallest absolute Gasteiger partial charge is 0.0266 e. The van der Waals surface area contributed by atoms with Crippen LogP contribution in [0.15, 0.2) is 0 Å². The first-order valence-electron chi connectivity index (χ1n) is 9.92. The van der Waals surface area contributed by atoms with Crippen molar-refractivity contribution in [3.8, 4) is 0 Å². The van der Waals surface area contributed by atoms with Crippen LogP contribution < -0.4 is 0 Å². The fourth-order valence-corrected chi connectivity index (χ4v) is 7.89. The monoisotopic (exact) mass is 288 g/mol. The number of hydrogen-bond acceptors (Lipinski definition) is 0. The molecule has 21 heavy (non-hydrogen) atoms. The predicted molar refractivity (Wildman–Crippen MR) is 90.1 cm³/mol. The third-order valence-electron chi connectivity index (χ3n) is 8.92. The van der Waals surface area contributed by atoms with Crippen molar-refractivity contribution < 1.29 is 0 Å². The highest BCUT2D eigenvalue weighted by Crippen LogP contribution is 2.67. The first kappa shape index (κ1) is 14.6. The van der Waals surface area contributed by atoms with Crippen molar-refractivity contribution in [2.75, 3.05) is 0 Å². The zero-order chi connectivity index (χ0) is 14.8. The van der Waals surface area contributed by atoms with Crippen LogP contribution >= 0.6 is 0 Å². The van der Waals surface area contributed by atoms with Gasteiger partial charge in [0.25, 0.3) is 0 Å². The molecule has 0 unspecified atom stereocenters. The van der Waals surface area contributed by atoms with E-state index in [2.05, 4.69) is 27.7 Å². The van der Waals surface area contributed by atoms with Gasteiger partial charge < -0.3 is 0 Å². The Balaban J connectivity index is 1.62. The minimum atomic E-state index is 0.711. The van der Waals surface area contributed by atoms with Crippen molar-refractivity contribution in [3.05, 3.63) is 0 Å². The van der Waals surface area contributed by atoms with Crippen molar-refractivity contribution in [2.24, 2.45) is 46.3 Å². The lowest BCUT2D eigenvalue weighted by Crippen LogP contribution is -2.52. The molecule has 0 aliphatic heterocycles. The summed E-state index contributed by atoms with van der Waals surface area (Å²) < 4.78 is 0. The maximum atomic E-state index is 2.71. The molecule has 4 fully saturated rings. The summed E-state index contributed by atoms with van der Waals surface area (Å²) >= 11 is 0. The van der Waals surface area contributed by atoms with Gasteiger partial charge in [0.2, 0.25) is 0 Å². The summed E-state index contributed by atoms with van der Waals surface area (Å²) in [5, 5.41) is 0. The normalized spacial score (nSPS) is 60.0. The Morgan fingerprint density at radius 3 is 2.38 bits per heavy atom. The molecule has 0 aromatic heterocycles. The topological polar surface area (TPSA) is 0 Å². The van der Waals surface area contributed by atoms with Gasteiger partial charge in [0.1, 0.15) is 0 Å². The molecule has 4 aliphatic carbocycles. The van der Waals surface area contributed by atoms with Gasteiger partial charge in [-0.2, -0.15) is 0 Å². The molecule has 0 aromatic rings. The van der Waals surface area contributed by atoms with Crippen LogP contribution in [0, 0.1) is 46.3 Å². The van der Waals surface area contributed by atoms with E-state index in [-0.39, 0.29) is 0 Å². The van der Waals surface area contributed by atoms with Crippen LogP contribution in [-0.4, -0.2) is 0 Å². The predicted octanol–water partition coefficient (Wildman–Crippen LogP) is 6.30. The minimum absolute atomic E-state index is 0.711. The lowest BCUT2D eigenvalue weighted by atomic mass is 9.45. The summed E-state index contributed by atoms with van der Waals surface area (Å²) in [4.78, 5) is 0. The molecule has 0 heterocycles. The third-order valence-corrected chi connectivity index (χ3v) is 8.92. The zero-order valence-corrected chi connectivity index (χ0v) is 14.8. The Hall–Kier alpha value is 0. The van der Waals surface area contributed by atoms with Gasteiger partial charge in [-0.25, -0.2) is 0 Å². The summed E-state index contributed by atoms with van der Waals surface area (Å²) in [7, 11) is 0. The first-order chi connectivity index (χ1) is 9.92. The molecular formula is C21H36. The molecule has 4 aliphatic rings. The van der Waals surface area contributed by atoms with Gasteiger partial charge in [-0.05, 0) is 97.7 Å². The Bertz CT molecular complexity index is 412. The maximum Gasteiger partial charge on any atom is -0.0266 e. The zero-order valence-electron chi connectivity index (χ0n) is 14.8. The van der Waals surface area contributed by atoms with Gasteiger partial charge in [0.05, 0.1) is 0 Å². The van der Waals surface area contributed by atoms with Crippen molar-refractivity contribution in [2.45, 2.75) is 85.5 Å².